The molecule has 0 saturated heterocycles. The van der Waals surface area contributed by atoms with Gasteiger partial charge in [-0.05, 0) is 37.0 Å². The van der Waals surface area contributed by atoms with E-state index in [0.717, 1.165) is 0 Å². The van der Waals surface area contributed by atoms with Crippen molar-refractivity contribution in [2.45, 2.75) is 33.6 Å². The van der Waals surface area contributed by atoms with Crippen molar-refractivity contribution < 1.29 is 13.9 Å². The second-order valence-corrected chi connectivity index (χ2v) is 7.52. The lowest BCUT2D eigenvalue weighted by Crippen LogP contribution is -2.29. The lowest BCUT2D eigenvalue weighted by atomic mass is 9.76. The van der Waals surface area contributed by atoms with Crippen LogP contribution in [0.2, 0.25) is 0 Å². The molecule has 0 aliphatic heterocycles. The first-order valence-electron chi connectivity index (χ1n) is 9.34. The summed E-state index contributed by atoms with van der Waals surface area (Å²) in [5.41, 5.74) is 1.50. The number of anilines is 1. The van der Waals surface area contributed by atoms with Crippen LogP contribution in [0, 0.1) is 5.41 Å². The summed E-state index contributed by atoms with van der Waals surface area (Å²) in [6.45, 7) is 6.06. The molecule has 0 bridgehead atoms. The third-order valence-electron chi connectivity index (χ3n) is 4.58. The number of esters is 1. The van der Waals surface area contributed by atoms with Crippen molar-refractivity contribution in [1.82, 2.24) is 4.98 Å². The lowest BCUT2D eigenvalue weighted by Gasteiger charge is -2.30. The molecule has 0 amide bonds. The molecule has 0 unspecified atom stereocenters. The van der Waals surface area contributed by atoms with E-state index in [1.807, 2.05) is 0 Å². The Balaban J connectivity index is 1.99. The Hall–Kier alpha value is -3.42. The van der Waals surface area contributed by atoms with Gasteiger partial charge >= 0.3 is 11.6 Å². The highest BCUT2D eigenvalue weighted by molar-refractivity contribution is 6.16. The van der Waals surface area contributed by atoms with Gasteiger partial charge < -0.3 is 20.3 Å². The van der Waals surface area contributed by atoms with Crippen LogP contribution in [0.15, 0.2) is 51.0 Å². The Labute approximate surface area is 168 Å². The number of nitrogens with two attached hydrogens (primary N) is 1. The zero-order valence-electron chi connectivity index (χ0n) is 16.7. The number of carbonyl (C=O) groups excluding carboxylic acids is 1. The zero-order valence-corrected chi connectivity index (χ0v) is 16.7. The lowest BCUT2D eigenvalue weighted by molar-refractivity contribution is -0.136. The van der Waals surface area contributed by atoms with Gasteiger partial charge in [-0.25, -0.2) is 9.59 Å². The van der Waals surface area contributed by atoms with Gasteiger partial charge in [0.2, 0.25) is 0 Å². The molecule has 3 rings (SSSR count). The summed E-state index contributed by atoms with van der Waals surface area (Å²) in [6, 6.07) is 6.84. The minimum atomic E-state index is -0.549. The summed E-state index contributed by atoms with van der Waals surface area (Å²) in [5.74, 6) is 5.57. The van der Waals surface area contributed by atoms with E-state index < -0.39 is 11.6 Å². The van der Waals surface area contributed by atoms with Crippen LogP contribution < -0.4 is 16.8 Å². The number of nitrogens with zero attached hydrogens (tertiary/aromatic N) is 2. The maximum Gasteiger partial charge on any atom is 0.359 e. The van der Waals surface area contributed by atoms with Gasteiger partial charge in [-0.3, -0.25) is 4.98 Å². The van der Waals surface area contributed by atoms with Crippen LogP contribution >= 0.6 is 0 Å². The third kappa shape index (κ3) is 4.53. The number of hydrazone groups is 1. The van der Waals surface area contributed by atoms with E-state index in [-0.39, 0.29) is 23.3 Å². The number of hydrogen-bond acceptors (Lipinski definition) is 8. The maximum absolute atomic E-state index is 12.5. The fraction of sp³-hybridized carbons (Fsp3) is 0.333. The molecule has 8 nitrogen and oxygen atoms in total. The molecule has 29 heavy (non-hydrogen) atoms. The SMILES string of the molecule is CCOC(=O)C(=CNc1cc2c(oc1=O)CC(C)(C)CC2=NN)c1ccccn1. The van der Waals surface area contributed by atoms with Gasteiger partial charge in [0.1, 0.15) is 17.0 Å². The first-order chi connectivity index (χ1) is 13.8. The molecular formula is C21H24N4O4. The summed E-state index contributed by atoms with van der Waals surface area (Å²) in [4.78, 5) is 29.0. The normalized spacial score (nSPS) is 16.9. The van der Waals surface area contributed by atoms with Gasteiger partial charge in [-0.2, -0.15) is 5.10 Å². The van der Waals surface area contributed by atoms with Crippen LogP contribution in [0.4, 0.5) is 5.69 Å². The number of rotatable bonds is 5. The van der Waals surface area contributed by atoms with E-state index in [1.54, 1.807) is 37.4 Å². The molecule has 152 valence electrons. The van der Waals surface area contributed by atoms with Crippen LogP contribution in [0.3, 0.4) is 0 Å². The smallest absolute Gasteiger partial charge is 0.359 e. The maximum atomic E-state index is 12.5. The van der Waals surface area contributed by atoms with Crippen molar-refractivity contribution in [3.63, 3.8) is 0 Å². The molecule has 2 aromatic heterocycles. The second kappa shape index (κ2) is 8.30. The minimum Gasteiger partial charge on any atom is -0.462 e. The average Bonchev–Trinajstić information content (AvgIpc) is 2.68. The Morgan fingerprint density at radius 3 is 2.86 bits per heavy atom. The van der Waals surface area contributed by atoms with Crippen LogP contribution in [0.5, 0.6) is 0 Å². The first kappa shape index (κ1) is 20.3. The van der Waals surface area contributed by atoms with Gasteiger partial charge in [0.25, 0.3) is 0 Å². The summed E-state index contributed by atoms with van der Waals surface area (Å²) >= 11 is 0. The molecule has 0 fully saturated rings. The molecule has 0 radical (unpaired) electrons. The van der Waals surface area contributed by atoms with Crippen molar-refractivity contribution >= 4 is 22.9 Å². The molecule has 1 aliphatic rings. The van der Waals surface area contributed by atoms with Crippen LogP contribution in [-0.4, -0.2) is 23.3 Å². The Morgan fingerprint density at radius 2 is 2.21 bits per heavy atom. The fourth-order valence-electron chi connectivity index (χ4n) is 3.26. The van der Waals surface area contributed by atoms with Crippen LogP contribution in [-0.2, 0) is 16.0 Å². The highest BCUT2D eigenvalue weighted by atomic mass is 16.5. The van der Waals surface area contributed by atoms with Gasteiger partial charge in [-0.1, -0.05) is 19.9 Å². The monoisotopic (exact) mass is 396 g/mol. The Morgan fingerprint density at radius 1 is 1.41 bits per heavy atom. The number of nitrogens with one attached hydrogen (secondary N) is 1. The van der Waals surface area contributed by atoms with Gasteiger partial charge in [-0.15, -0.1) is 0 Å². The van der Waals surface area contributed by atoms with Crippen LogP contribution in [0.25, 0.3) is 5.57 Å². The Bertz CT molecular complexity index is 1020. The average molecular weight is 396 g/mol. The van der Waals surface area contributed by atoms with E-state index in [2.05, 4.69) is 29.2 Å². The predicted molar refractivity (Wildman–Crippen MR) is 110 cm³/mol. The summed E-state index contributed by atoms with van der Waals surface area (Å²) in [7, 11) is 0. The molecule has 0 saturated carbocycles. The van der Waals surface area contributed by atoms with E-state index >= 15 is 0 Å². The molecule has 2 aromatic rings. The van der Waals surface area contributed by atoms with Crippen molar-refractivity contribution in [3.05, 3.63) is 64.1 Å². The molecule has 0 spiro atoms. The van der Waals surface area contributed by atoms with Gasteiger partial charge in [0.05, 0.1) is 18.0 Å². The van der Waals surface area contributed by atoms with Crippen LogP contribution in [0.1, 0.15) is 44.2 Å². The third-order valence-corrected chi connectivity index (χ3v) is 4.58. The summed E-state index contributed by atoms with van der Waals surface area (Å²) in [6.07, 6.45) is 4.24. The number of fused-ring (bicyclic) bond motifs is 1. The van der Waals surface area contributed by atoms with Crippen molar-refractivity contribution in [2.24, 2.45) is 16.4 Å². The highest BCUT2D eigenvalue weighted by Gasteiger charge is 2.32. The van der Waals surface area contributed by atoms with Gasteiger partial charge in [0, 0.05) is 24.4 Å². The fourth-order valence-corrected chi connectivity index (χ4v) is 3.26. The number of carbonyl (C=O) groups is 1. The van der Waals surface area contributed by atoms with E-state index in [9.17, 15) is 9.59 Å². The quantitative estimate of drug-likeness (QED) is 0.345. The minimum absolute atomic E-state index is 0.105. The molecule has 3 N–H and O–H groups in total. The molecule has 0 atom stereocenters. The second-order valence-electron chi connectivity index (χ2n) is 7.52. The van der Waals surface area contributed by atoms with E-state index in [0.29, 0.717) is 35.6 Å². The number of hydrogen-bond donors (Lipinski definition) is 2. The van der Waals surface area contributed by atoms with Gasteiger partial charge in [0.15, 0.2) is 0 Å². The number of aromatic nitrogens is 1. The molecule has 0 aromatic carbocycles. The van der Waals surface area contributed by atoms with E-state index in [1.165, 1.54) is 6.20 Å². The highest BCUT2D eigenvalue weighted by Crippen LogP contribution is 2.35. The molecule has 2 heterocycles. The zero-order chi connectivity index (χ0) is 21.0. The number of pyridine rings is 1. The summed E-state index contributed by atoms with van der Waals surface area (Å²) in [5, 5.41) is 6.74. The Kier molecular flexibility index (Phi) is 5.81. The predicted octanol–water partition coefficient (Wildman–Crippen LogP) is 2.69. The van der Waals surface area contributed by atoms with Crippen molar-refractivity contribution in [3.8, 4) is 0 Å². The van der Waals surface area contributed by atoms with E-state index in [4.69, 9.17) is 15.0 Å². The molecule has 1 aliphatic carbocycles. The standard InChI is InChI=1S/C21H24N4O4/c1-4-28-19(26)14(15-7-5-6-8-23-15)12-24-16-9-13-17(25-22)10-21(2,3)11-18(13)29-20(16)27/h5-9,12,24H,4,10-11,22H2,1-3H3. The molecular weight excluding hydrogens is 372 g/mol. The first-order valence-corrected chi connectivity index (χ1v) is 9.34. The molecule has 8 heteroatoms. The topological polar surface area (TPSA) is 120 Å². The number of ether oxygens (including phenoxy) is 1. The van der Waals surface area contributed by atoms with Crippen molar-refractivity contribution in [2.75, 3.05) is 11.9 Å². The largest absolute Gasteiger partial charge is 0.462 e. The summed E-state index contributed by atoms with van der Waals surface area (Å²) < 4.78 is 10.6. The van der Waals surface area contributed by atoms with Crippen molar-refractivity contribution in [1.29, 1.82) is 0 Å².